The fourth-order valence-corrected chi connectivity index (χ4v) is 1.53. The van der Waals surface area contributed by atoms with E-state index in [2.05, 4.69) is 0 Å². The van der Waals surface area contributed by atoms with Crippen molar-refractivity contribution in [1.29, 1.82) is 0 Å². The quantitative estimate of drug-likeness (QED) is 0.682. The second kappa shape index (κ2) is 3.15. The molecule has 1 aromatic heterocycles. The molecule has 4 nitrogen and oxygen atoms in total. The highest BCUT2D eigenvalue weighted by molar-refractivity contribution is 6.21. The van der Waals surface area contributed by atoms with Crippen LogP contribution in [0.3, 0.4) is 0 Å². The summed E-state index contributed by atoms with van der Waals surface area (Å²) in [6.45, 7) is 0. The highest BCUT2D eigenvalue weighted by atomic mass is 35.5. The van der Waals surface area contributed by atoms with Crippen LogP contribution in [0.2, 0.25) is 0 Å². The zero-order valence-electron chi connectivity index (χ0n) is 6.78. The van der Waals surface area contributed by atoms with Crippen LogP contribution in [-0.2, 0) is 0 Å². The summed E-state index contributed by atoms with van der Waals surface area (Å²) in [5.74, 6) is 0. The number of rotatable bonds is 0. The lowest BCUT2D eigenvalue weighted by Crippen LogP contribution is -2.29. The molecule has 2 aromatic rings. The molecule has 0 bridgehead atoms. The molecule has 0 N–H and O–H groups in total. The third-order valence-electron chi connectivity index (χ3n) is 1.88. The minimum absolute atomic E-state index is 0.254. The van der Waals surface area contributed by atoms with Gasteiger partial charge in [-0.1, -0.05) is 12.1 Å². The highest BCUT2D eigenvalue weighted by Gasteiger charge is 2.09. The summed E-state index contributed by atoms with van der Waals surface area (Å²) >= 11 is 11.0. The van der Waals surface area contributed by atoms with E-state index in [1.165, 1.54) is 12.1 Å². The molecule has 72 valence electrons. The largest absolute Gasteiger partial charge is 0.289 e. The first kappa shape index (κ1) is 9.30. The van der Waals surface area contributed by atoms with Gasteiger partial charge in [-0.15, -0.1) is 8.40 Å². The Labute approximate surface area is 88.1 Å². The minimum Gasteiger partial charge on any atom is -0.266 e. The number of aromatic nitrogens is 2. The average molecular weight is 231 g/mol. The van der Waals surface area contributed by atoms with Gasteiger partial charge in [-0.3, -0.25) is 9.59 Å². The van der Waals surface area contributed by atoms with Crippen molar-refractivity contribution in [3.63, 3.8) is 0 Å². The second-order valence-electron chi connectivity index (χ2n) is 2.68. The summed E-state index contributed by atoms with van der Waals surface area (Å²) in [5, 5.41) is 0.508. The summed E-state index contributed by atoms with van der Waals surface area (Å²) in [6, 6.07) is 6.35. The van der Waals surface area contributed by atoms with Gasteiger partial charge >= 0.3 is 0 Å². The van der Waals surface area contributed by atoms with E-state index in [9.17, 15) is 9.59 Å². The molecule has 14 heavy (non-hydrogen) atoms. The molecule has 0 atom stereocenters. The van der Waals surface area contributed by atoms with Crippen LogP contribution in [0.4, 0.5) is 0 Å². The van der Waals surface area contributed by atoms with Gasteiger partial charge in [0.15, 0.2) is 0 Å². The molecule has 0 saturated carbocycles. The van der Waals surface area contributed by atoms with E-state index in [-0.39, 0.29) is 10.8 Å². The Morgan fingerprint density at radius 2 is 1.21 bits per heavy atom. The number of benzene rings is 1. The predicted molar refractivity (Wildman–Crippen MR) is 55.0 cm³/mol. The van der Waals surface area contributed by atoms with Gasteiger partial charge in [-0.25, -0.2) is 0 Å². The van der Waals surface area contributed by atoms with Crippen LogP contribution in [0.25, 0.3) is 10.8 Å². The van der Waals surface area contributed by atoms with Gasteiger partial charge in [-0.2, -0.15) is 0 Å². The molecule has 0 aliphatic rings. The summed E-state index contributed by atoms with van der Waals surface area (Å²) in [7, 11) is 0. The van der Waals surface area contributed by atoms with E-state index >= 15 is 0 Å². The van der Waals surface area contributed by atoms with Crippen molar-refractivity contribution >= 4 is 34.3 Å². The van der Waals surface area contributed by atoms with E-state index in [4.69, 9.17) is 23.6 Å². The Morgan fingerprint density at radius 1 is 0.857 bits per heavy atom. The van der Waals surface area contributed by atoms with E-state index in [0.717, 1.165) is 0 Å². The van der Waals surface area contributed by atoms with Crippen molar-refractivity contribution in [2.24, 2.45) is 0 Å². The first-order valence-corrected chi connectivity index (χ1v) is 4.40. The number of hydrogen-bond acceptors (Lipinski definition) is 2. The second-order valence-corrected chi connectivity index (χ2v) is 3.32. The monoisotopic (exact) mass is 230 g/mol. The van der Waals surface area contributed by atoms with Gasteiger partial charge in [0.2, 0.25) is 0 Å². The SMILES string of the molecule is O=c1c2ccccc2c(=O)n(Cl)n1Cl. The zero-order chi connectivity index (χ0) is 10.3. The smallest absolute Gasteiger partial charge is 0.266 e. The van der Waals surface area contributed by atoms with Crippen LogP contribution in [0.1, 0.15) is 0 Å². The number of nitrogens with zero attached hydrogens (tertiary/aromatic N) is 2. The maximum absolute atomic E-state index is 11.5. The summed E-state index contributed by atoms with van der Waals surface area (Å²) in [4.78, 5) is 23.0. The van der Waals surface area contributed by atoms with Crippen LogP contribution >= 0.6 is 23.6 Å². The fourth-order valence-electron chi connectivity index (χ4n) is 1.21. The van der Waals surface area contributed by atoms with E-state index in [1.54, 1.807) is 12.1 Å². The van der Waals surface area contributed by atoms with Crippen molar-refractivity contribution in [2.75, 3.05) is 0 Å². The average Bonchev–Trinajstić information content (AvgIpc) is 2.23. The normalized spacial score (nSPS) is 10.7. The zero-order valence-corrected chi connectivity index (χ0v) is 8.29. The van der Waals surface area contributed by atoms with Gasteiger partial charge < -0.3 is 0 Å². The van der Waals surface area contributed by atoms with Gasteiger partial charge in [0, 0.05) is 23.6 Å². The fraction of sp³-hybridized carbons (Fsp3) is 0. The molecule has 0 saturated heterocycles. The topological polar surface area (TPSA) is 44.0 Å². The Hall–Kier alpha value is -1.26. The van der Waals surface area contributed by atoms with Crippen molar-refractivity contribution in [3.05, 3.63) is 45.0 Å². The third-order valence-corrected chi connectivity index (χ3v) is 2.56. The third kappa shape index (κ3) is 1.15. The Morgan fingerprint density at radius 3 is 1.57 bits per heavy atom. The molecule has 0 unspecified atom stereocenters. The van der Waals surface area contributed by atoms with E-state index < -0.39 is 11.1 Å². The van der Waals surface area contributed by atoms with Crippen LogP contribution in [0.5, 0.6) is 0 Å². The molecular weight excluding hydrogens is 227 g/mol. The van der Waals surface area contributed by atoms with Gasteiger partial charge in [0.05, 0.1) is 10.8 Å². The molecule has 0 spiro atoms. The molecule has 2 rings (SSSR count). The molecule has 0 fully saturated rings. The molecule has 6 heteroatoms. The molecule has 0 radical (unpaired) electrons. The number of fused-ring (bicyclic) bond motifs is 1. The lowest BCUT2D eigenvalue weighted by Gasteiger charge is -2.01. The minimum atomic E-state index is -0.517. The molecule has 0 amide bonds. The molecule has 1 aromatic carbocycles. The van der Waals surface area contributed by atoms with Crippen LogP contribution in [0.15, 0.2) is 33.9 Å². The number of hydrogen-bond donors (Lipinski definition) is 0. The highest BCUT2D eigenvalue weighted by Crippen LogP contribution is 2.04. The summed E-state index contributed by atoms with van der Waals surface area (Å²) < 4.78 is 1.10. The van der Waals surface area contributed by atoms with Crippen LogP contribution in [-0.4, -0.2) is 8.40 Å². The van der Waals surface area contributed by atoms with Crippen molar-refractivity contribution in [3.8, 4) is 0 Å². The Bertz CT molecular complexity index is 560. The van der Waals surface area contributed by atoms with Crippen molar-refractivity contribution in [1.82, 2.24) is 8.40 Å². The Balaban J connectivity index is 3.19. The summed E-state index contributed by atoms with van der Waals surface area (Å²) in [5.41, 5.74) is -1.03. The Kier molecular flexibility index (Phi) is 2.09. The van der Waals surface area contributed by atoms with Gasteiger partial charge in [0.1, 0.15) is 0 Å². The van der Waals surface area contributed by atoms with E-state index in [0.29, 0.717) is 8.40 Å². The first-order valence-electron chi connectivity index (χ1n) is 3.72. The maximum atomic E-state index is 11.5. The predicted octanol–water partition coefficient (Wildman–Crippen LogP) is 1.17. The van der Waals surface area contributed by atoms with Crippen LogP contribution in [0, 0.1) is 0 Å². The molecule has 0 aliphatic heterocycles. The van der Waals surface area contributed by atoms with Gasteiger partial charge in [-0.05, 0) is 12.1 Å². The lowest BCUT2D eigenvalue weighted by atomic mass is 10.2. The number of halogens is 2. The van der Waals surface area contributed by atoms with Crippen LogP contribution < -0.4 is 11.1 Å². The van der Waals surface area contributed by atoms with E-state index in [1.807, 2.05) is 0 Å². The molecular formula is C8H4Cl2N2O2. The van der Waals surface area contributed by atoms with Gasteiger partial charge in [0.25, 0.3) is 11.1 Å². The molecule has 1 heterocycles. The molecule has 0 aliphatic carbocycles. The van der Waals surface area contributed by atoms with Crippen molar-refractivity contribution in [2.45, 2.75) is 0 Å². The summed E-state index contributed by atoms with van der Waals surface area (Å²) in [6.07, 6.45) is 0. The standard InChI is InChI=1S/C8H4Cl2N2O2/c9-11-7(13)5-3-1-2-4-6(5)8(14)12(11)10/h1-4H. The lowest BCUT2D eigenvalue weighted by molar-refractivity contribution is 0.822. The first-order chi connectivity index (χ1) is 6.63. The maximum Gasteiger partial charge on any atom is 0.289 e. The van der Waals surface area contributed by atoms with Crippen molar-refractivity contribution < 1.29 is 0 Å².